The second-order valence-electron chi connectivity index (χ2n) is 7.71. The fraction of sp³-hybridized carbons (Fsp3) is 0.579. The average molecular weight is 375 g/mol. The van der Waals surface area contributed by atoms with Gasteiger partial charge in [0.1, 0.15) is 0 Å². The Morgan fingerprint density at radius 2 is 1.89 bits per heavy atom. The van der Waals surface area contributed by atoms with E-state index in [0.29, 0.717) is 18.8 Å². The van der Waals surface area contributed by atoms with Gasteiger partial charge in [0.15, 0.2) is 5.65 Å². The molecule has 2 aromatic heterocycles. The molecule has 0 bridgehead atoms. The second-order valence-corrected chi connectivity index (χ2v) is 7.71. The number of nitrogens with two attached hydrogens (primary N) is 1. The quantitative estimate of drug-likeness (QED) is 0.789. The average Bonchev–Trinajstić information content (AvgIpc) is 2.61. The van der Waals surface area contributed by atoms with Crippen LogP contribution in [0.4, 0.5) is 0 Å². The highest BCUT2D eigenvalue weighted by atomic mass is 16.2. The first kappa shape index (κ1) is 20.8. The Balaban J connectivity index is 2.89. The van der Waals surface area contributed by atoms with Crippen molar-refractivity contribution in [2.75, 3.05) is 13.6 Å². The normalized spacial score (nSPS) is 12.8. The summed E-state index contributed by atoms with van der Waals surface area (Å²) in [5.41, 5.74) is 5.72. The van der Waals surface area contributed by atoms with Gasteiger partial charge in [-0.1, -0.05) is 27.7 Å². The highest BCUT2D eigenvalue weighted by Crippen LogP contribution is 2.21. The number of H-pyrrole nitrogens is 1. The third kappa shape index (κ3) is 4.10. The summed E-state index contributed by atoms with van der Waals surface area (Å²) in [4.78, 5) is 46.5. The molecule has 0 saturated heterocycles. The highest BCUT2D eigenvalue weighted by molar-refractivity contribution is 6.05. The maximum absolute atomic E-state index is 13.1. The van der Waals surface area contributed by atoms with E-state index < -0.39 is 11.2 Å². The first-order valence-corrected chi connectivity index (χ1v) is 9.23. The number of hydrogen-bond acceptors (Lipinski definition) is 5. The number of hydrogen-bond donors (Lipinski definition) is 2. The zero-order valence-electron chi connectivity index (χ0n) is 16.9. The minimum atomic E-state index is -0.602. The Bertz CT molecular complexity index is 958. The predicted octanol–water partition coefficient (Wildman–Crippen LogP) is 1.28. The van der Waals surface area contributed by atoms with Crippen LogP contribution >= 0.6 is 0 Å². The minimum Gasteiger partial charge on any atom is -0.338 e. The molecular formula is C19H29N5O3. The molecule has 1 amide bonds. The number of aromatic amines is 1. The maximum atomic E-state index is 13.1. The number of fused-ring (bicyclic) bond motifs is 1. The fourth-order valence-electron chi connectivity index (χ4n) is 2.84. The van der Waals surface area contributed by atoms with Crippen LogP contribution in [0.15, 0.2) is 15.7 Å². The van der Waals surface area contributed by atoms with Gasteiger partial charge in [0.25, 0.3) is 11.5 Å². The van der Waals surface area contributed by atoms with E-state index in [-0.39, 0.29) is 40.4 Å². The monoisotopic (exact) mass is 375 g/mol. The van der Waals surface area contributed by atoms with Crippen LogP contribution in [0.3, 0.4) is 0 Å². The van der Waals surface area contributed by atoms with Crippen molar-refractivity contribution in [1.82, 2.24) is 19.4 Å². The minimum absolute atomic E-state index is 0.0278. The molecule has 0 aliphatic carbocycles. The second kappa shape index (κ2) is 8.04. The topological polar surface area (TPSA) is 114 Å². The summed E-state index contributed by atoms with van der Waals surface area (Å²) in [6.07, 6.45) is 0. The zero-order valence-corrected chi connectivity index (χ0v) is 16.9. The van der Waals surface area contributed by atoms with Gasteiger partial charge in [-0.05, 0) is 24.8 Å². The van der Waals surface area contributed by atoms with E-state index in [1.807, 2.05) is 34.6 Å². The van der Waals surface area contributed by atoms with Gasteiger partial charge in [-0.2, -0.15) is 0 Å². The fourth-order valence-corrected chi connectivity index (χ4v) is 2.84. The standard InChI is InChI=1S/C19H29N5O3/c1-10(2)9-24-16-15(17(25)22-19(24)27)13(7-14(21-16)11(3)4)18(26)23(6)12(5)8-20/h7,10-12H,8-9,20H2,1-6H3,(H,22,25,27). The number of likely N-dealkylation sites (N-methyl/N-ethyl adjacent to an activating group) is 1. The number of pyridine rings is 1. The molecule has 148 valence electrons. The largest absolute Gasteiger partial charge is 0.338 e. The molecule has 0 fully saturated rings. The third-order valence-corrected chi connectivity index (χ3v) is 4.66. The molecule has 1 unspecified atom stereocenters. The lowest BCUT2D eigenvalue weighted by Crippen LogP contribution is -2.41. The summed E-state index contributed by atoms with van der Waals surface area (Å²) in [5.74, 6) is -0.122. The molecule has 0 aliphatic heterocycles. The first-order valence-electron chi connectivity index (χ1n) is 9.23. The molecule has 8 nitrogen and oxygen atoms in total. The van der Waals surface area contributed by atoms with E-state index in [9.17, 15) is 14.4 Å². The van der Waals surface area contributed by atoms with Gasteiger partial charge in [0, 0.05) is 31.9 Å². The van der Waals surface area contributed by atoms with Crippen molar-refractivity contribution in [2.24, 2.45) is 11.7 Å². The summed E-state index contributed by atoms with van der Waals surface area (Å²) in [5, 5.41) is 0.140. The Kier molecular flexibility index (Phi) is 6.20. The van der Waals surface area contributed by atoms with Crippen LogP contribution in [0.25, 0.3) is 11.0 Å². The van der Waals surface area contributed by atoms with Gasteiger partial charge >= 0.3 is 5.69 Å². The number of carbonyl (C=O) groups is 1. The highest BCUT2D eigenvalue weighted by Gasteiger charge is 2.24. The molecular weight excluding hydrogens is 346 g/mol. The summed E-state index contributed by atoms with van der Waals surface area (Å²) in [6.45, 7) is 10.4. The molecule has 0 saturated carbocycles. The van der Waals surface area contributed by atoms with Crippen molar-refractivity contribution >= 4 is 16.9 Å². The molecule has 2 heterocycles. The molecule has 27 heavy (non-hydrogen) atoms. The summed E-state index contributed by atoms with van der Waals surface area (Å²) in [7, 11) is 1.65. The van der Waals surface area contributed by atoms with Gasteiger partial charge in [0.05, 0.1) is 10.9 Å². The summed E-state index contributed by atoms with van der Waals surface area (Å²) in [6, 6.07) is 1.46. The van der Waals surface area contributed by atoms with E-state index in [4.69, 9.17) is 5.73 Å². The number of carbonyl (C=O) groups excluding carboxylic acids is 1. The summed E-state index contributed by atoms with van der Waals surface area (Å²) < 4.78 is 1.44. The molecule has 3 N–H and O–H groups in total. The number of nitrogens with zero attached hydrogens (tertiary/aromatic N) is 3. The van der Waals surface area contributed by atoms with Crippen LogP contribution in [0.2, 0.25) is 0 Å². The molecule has 0 radical (unpaired) electrons. The molecule has 2 rings (SSSR count). The maximum Gasteiger partial charge on any atom is 0.330 e. The predicted molar refractivity (Wildman–Crippen MR) is 106 cm³/mol. The van der Waals surface area contributed by atoms with Crippen molar-refractivity contribution in [2.45, 2.75) is 53.1 Å². The molecule has 8 heteroatoms. The van der Waals surface area contributed by atoms with Crippen LogP contribution in [-0.4, -0.2) is 45.0 Å². The number of rotatable bonds is 6. The van der Waals surface area contributed by atoms with Crippen LogP contribution in [-0.2, 0) is 6.54 Å². The van der Waals surface area contributed by atoms with E-state index in [0.717, 1.165) is 0 Å². The molecule has 2 aromatic rings. The van der Waals surface area contributed by atoms with Crippen LogP contribution in [0.1, 0.15) is 56.6 Å². The van der Waals surface area contributed by atoms with Crippen molar-refractivity contribution < 1.29 is 4.79 Å². The van der Waals surface area contributed by atoms with Gasteiger partial charge < -0.3 is 10.6 Å². The smallest absolute Gasteiger partial charge is 0.330 e. The molecule has 0 aromatic carbocycles. The van der Waals surface area contributed by atoms with E-state index >= 15 is 0 Å². The van der Waals surface area contributed by atoms with Crippen molar-refractivity contribution in [1.29, 1.82) is 0 Å². The van der Waals surface area contributed by atoms with Crippen molar-refractivity contribution in [3.05, 3.63) is 38.2 Å². The number of nitrogens with one attached hydrogen (secondary N) is 1. The Labute approximate surface area is 158 Å². The SMILES string of the molecule is CC(C)Cn1c(=O)[nH]c(=O)c2c(C(=O)N(C)C(C)CN)cc(C(C)C)nc21. The van der Waals surface area contributed by atoms with E-state index in [1.54, 1.807) is 13.1 Å². The molecule has 0 aliphatic rings. The Morgan fingerprint density at radius 3 is 2.41 bits per heavy atom. The number of amides is 1. The van der Waals surface area contributed by atoms with Gasteiger partial charge in [-0.15, -0.1) is 0 Å². The molecule has 0 spiro atoms. The van der Waals surface area contributed by atoms with E-state index in [2.05, 4.69) is 9.97 Å². The van der Waals surface area contributed by atoms with Gasteiger partial charge in [0.2, 0.25) is 0 Å². The van der Waals surface area contributed by atoms with Crippen LogP contribution < -0.4 is 17.0 Å². The van der Waals surface area contributed by atoms with Gasteiger partial charge in [-0.25, -0.2) is 9.78 Å². The first-order chi connectivity index (χ1) is 12.6. The van der Waals surface area contributed by atoms with Crippen molar-refractivity contribution in [3.8, 4) is 0 Å². The van der Waals surface area contributed by atoms with Crippen molar-refractivity contribution in [3.63, 3.8) is 0 Å². The summed E-state index contributed by atoms with van der Waals surface area (Å²) >= 11 is 0. The number of aromatic nitrogens is 3. The molecule has 1 atom stereocenters. The van der Waals surface area contributed by atoms with Crippen LogP contribution in [0, 0.1) is 5.92 Å². The zero-order chi connectivity index (χ0) is 20.5. The van der Waals surface area contributed by atoms with Gasteiger partial charge in [-0.3, -0.25) is 19.1 Å². The Hall–Kier alpha value is -2.48. The van der Waals surface area contributed by atoms with Crippen LogP contribution in [0.5, 0.6) is 0 Å². The third-order valence-electron chi connectivity index (χ3n) is 4.66. The lowest BCUT2D eigenvalue weighted by atomic mass is 10.0. The lowest BCUT2D eigenvalue weighted by Gasteiger charge is -2.25. The Morgan fingerprint density at radius 1 is 1.26 bits per heavy atom. The van der Waals surface area contributed by atoms with E-state index in [1.165, 1.54) is 9.47 Å². The lowest BCUT2D eigenvalue weighted by molar-refractivity contribution is 0.0750.